The highest BCUT2D eigenvalue weighted by atomic mass is 35.5. The normalized spacial score (nSPS) is 10.2. The lowest BCUT2D eigenvalue weighted by Gasteiger charge is -2.10. The van der Waals surface area contributed by atoms with E-state index in [0.717, 1.165) is 6.07 Å². The first-order valence-electron chi connectivity index (χ1n) is 5.89. The Labute approximate surface area is 124 Å². The minimum absolute atomic E-state index is 0.109. The van der Waals surface area contributed by atoms with Crippen molar-refractivity contribution in [2.45, 2.75) is 0 Å². The molecule has 2 rings (SSSR count). The van der Waals surface area contributed by atoms with Gasteiger partial charge in [0.05, 0.1) is 16.4 Å². The third kappa shape index (κ3) is 3.82. The second kappa shape index (κ2) is 6.41. The molecule has 4 nitrogen and oxygen atoms in total. The third-order valence-electron chi connectivity index (χ3n) is 2.56. The summed E-state index contributed by atoms with van der Waals surface area (Å²) in [5.74, 6) is -2.05. The van der Waals surface area contributed by atoms with Crippen LogP contribution in [0.1, 0.15) is 0 Å². The summed E-state index contributed by atoms with van der Waals surface area (Å²) in [6, 6.07) is 7.75. The number of ether oxygens (including phenoxy) is 1. The summed E-state index contributed by atoms with van der Waals surface area (Å²) >= 11 is 5.58. The molecule has 0 saturated heterocycles. The predicted octanol–water partition coefficient (Wildman–Crippen LogP) is 3.22. The average molecular weight is 313 g/mol. The lowest BCUT2D eigenvalue weighted by atomic mass is 10.2. The molecule has 1 amide bonds. The van der Waals surface area contributed by atoms with Gasteiger partial charge >= 0.3 is 0 Å². The summed E-state index contributed by atoms with van der Waals surface area (Å²) in [5.41, 5.74) is 5.92. The number of nitrogen functional groups attached to an aromatic ring is 1. The van der Waals surface area contributed by atoms with Gasteiger partial charge < -0.3 is 15.8 Å². The Morgan fingerprint density at radius 1 is 1.29 bits per heavy atom. The number of hydrogen-bond acceptors (Lipinski definition) is 3. The molecule has 2 aromatic rings. The van der Waals surface area contributed by atoms with Gasteiger partial charge in [0, 0.05) is 0 Å². The zero-order valence-corrected chi connectivity index (χ0v) is 11.5. The van der Waals surface area contributed by atoms with E-state index in [1.165, 1.54) is 30.3 Å². The number of rotatable bonds is 4. The van der Waals surface area contributed by atoms with Crippen LogP contribution in [0.25, 0.3) is 0 Å². The molecule has 0 aliphatic carbocycles. The molecule has 0 aromatic heterocycles. The molecule has 0 spiro atoms. The Kier molecular flexibility index (Phi) is 4.59. The molecule has 0 aliphatic heterocycles. The number of amides is 1. The van der Waals surface area contributed by atoms with Crippen LogP contribution in [0.4, 0.5) is 20.2 Å². The van der Waals surface area contributed by atoms with Crippen LogP contribution >= 0.6 is 11.6 Å². The van der Waals surface area contributed by atoms with Crippen LogP contribution in [-0.2, 0) is 4.79 Å². The molecular formula is C14H11ClF2N2O2. The van der Waals surface area contributed by atoms with Gasteiger partial charge in [0.15, 0.2) is 18.2 Å². The van der Waals surface area contributed by atoms with Crippen LogP contribution in [0.5, 0.6) is 5.75 Å². The minimum atomic E-state index is -0.753. The monoisotopic (exact) mass is 312 g/mol. The number of hydrogen-bond donors (Lipinski definition) is 2. The van der Waals surface area contributed by atoms with Crippen molar-refractivity contribution in [3.05, 3.63) is 53.1 Å². The number of carbonyl (C=O) groups excluding carboxylic acids is 1. The predicted molar refractivity (Wildman–Crippen MR) is 76.3 cm³/mol. The van der Waals surface area contributed by atoms with Gasteiger partial charge in [-0.2, -0.15) is 0 Å². The lowest BCUT2D eigenvalue weighted by molar-refractivity contribution is -0.118. The van der Waals surface area contributed by atoms with Gasteiger partial charge in [-0.05, 0) is 30.3 Å². The fourth-order valence-corrected chi connectivity index (χ4v) is 1.73. The highest BCUT2D eigenvalue weighted by Crippen LogP contribution is 2.24. The van der Waals surface area contributed by atoms with Crippen LogP contribution in [0, 0.1) is 11.6 Å². The number of halogens is 3. The number of carbonyl (C=O) groups is 1. The molecule has 0 aliphatic rings. The maximum Gasteiger partial charge on any atom is 0.262 e. The van der Waals surface area contributed by atoms with Gasteiger partial charge in [-0.15, -0.1) is 0 Å². The molecule has 3 N–H and O–H groups in total. The van der Waals surface area contributed by atoms with E-state index in [4.69, 9.17) is 22.1 Å². The Balaban J connectivity index is 1.99. The summed E-state index contributed by atoms with van der Waals surface area (Å²) in [6.45, 7) is -0.465. The highest BCUT2D eigenvalue weighted by Gasteiger charge is 2.11. The minimum Gasteiger partial charge on any atom is -0.481 e. The Bertz CT molecular complexity index is 680. The van der Waals surface area contributed by atoms with Crippen molar-refractivity contribution in [3.8, 4) is 5.75 Å². The second-order valence-electron chi connectivity index (χ2n) is 4.12. The van der Waals surface area contributed by atoms with E-state index < -0.39 is 24.1 Å². The maximum atomic E-state index is 13.5. The Morgan fingerprint density at radius 3 is 2.81 bits per heavy atom. The smallest absolute Gasteiger partial charge is 0.262 e. The van der Waals surface area contributed by atoms with Gasteiger partial charge in [-0.25, -0.2) is 8.78 Å². The Morgan fingerprint density at radius 2 is 2.05 bits per heavy atom. The van der Waals surface area contributed by atoms with E-state index in [2.05, 4.69) is 5.32 Å². The quantitative estimate of drug-likeness (QED) is 0.852. The highest BCUT2D eigenvalue weighted by molar-refractivity contribution is 6.30. The molecule has 0 heterocycles. The molecule has 0 fully saturated rings. The first-order chi connectivity index (χ1) is 9.97. The van der Waals surface area contributed by atoms with E-state index in [9.17, 15) is 13.6 Å². The van der Waals surface area contributed by atoms with Crippen molar-refractivity contribution in [1.29, 1.82) is 0 Å². The van der Waals surface area contributed by atoms with Gasteiger partial charge in [-0.1, -0.05) is 17.7 Å². The van der Waals surface area contributed by atoms with Crippen LogP contribution in [0.15, 0.2) is 36.4 Å². The van der Waals surface area contributed by atoms with Gasteiger partial charge in [0.25, 0.3) is 5.91 Å². The van der Waals surface area contributed by atoms with Crippen LogP contribution in [0.3, 0.4) is 0 Å². The number of benzene rings is 2. The van der Waals surface area contributed by atoms with Crippen LogP contribution in [0.2, 0.25) is 5.02 Å². The molecule has 0 saturated carbocycles. The van der Waals surface area contributed by atoms with Crippen molar-refractivity contribution in [3.63, 3.8) is 0 Å². The largest absolute Gasteiger partial charge is 0.481 e. The molecule has 0 bridgehead atoms. The fraction of sp³-hybridized carbons (Fsp3) is 0.0714. The molecule has 0 radical (unpaired) electrons. The number of anilines is 2. The van der Waals surface area contributed by atoms with E-state index in [1.54, 1.807) is 0 Å². The van der Waals surface area contributed by atoms with E-state index >= 15 is 0 Å². The molecule has 7 heteroatoms. The van der Waals surface area contributed by atoms with Crippen molar-refractivity contribution in [2.75, 3.05) is 17.7 Å². The molecule has 0 unspecified atom stereocenters. The lowest BCUT2D eigenvalue weighted by Crippen LogP contribution is -2.21. The first kappa shape index (κ1) is 15.1. The third-order valence-corrected chi connectivity index (χ3v) is 2.86. The van der Waals surface area contributed by atoms with Gasteiger partial charge in [-0.3, -0.25) is 4.79 Å². The van der Waals surface area contributed by atoms with Crippen LogP contribution in [-0.4, -0.2) is 12.5 Å². The topological polar surface area (TPSA) is 64.3 Å². The number of nitrogens with one attached hydrogen (secondary N) is 1. The zero-order chi connectivity index (χ0) is 15.4. The van der Waals surface area contributed by atoms with Crippen molar-refractivity contribution in [2.24, 2.45) is 0 Å². The summed E-state index contributed by atoms with van der Waals surface area (Å²) in [7, 11) is 0. The van der Waals surface area contributed by atoms with Crippen molar-refractivity contribution in [1.82, 2.24) is 0 Å². The first-order valence-corrected chi connectivity index (χ1v) is 6.27. The summed E-state index contributed by atoms with van der Waals surface area (Å²) in [5, 5.41) is 2.26. The average Bonchev–Trinajstić information content (AvgIpc) is 2.44. The van der Waals surface area contributed by atoms with Gasteiger partial charge in [0.1, 0.15) is 5.82 Å². The Hall–Kier alpha value is -2.34. The van der Waals surface area contributed by atoms with Crippen LogP contribution < -0.4 is 15.8 Å². The number of nitrogens with two attached hydrogens (primary N) is 1. The molecule has 2 aromatic carbocycles. The molecular weight excluding hydrogens is 302 g/mol. The molecule has 110 valence electrons. The van der Waals surface area contributed by atoms with Gasteiger partial charge in [0.2, 0.25) is 0 Å². The summed E-state index contributed by atoms with van der Waals surface area (Å²) in [6.07, 6.45) is 0. The maximum absolute atomic E-state index is 13.5. The standard InChI is InChI=1S/C14H11ClF2N2O2/c15-9-2-1-3-12(14(9)17)21-7-13(20)19-11-6-8(16)4-5-10(11)18/h1-6H,7,18H2,(H,19,20). The van der Waals surface area contributed by atoms with E-state index in [-0.39, 0.29) is 22.1 Å². The van der Waals surface area contributed by atoms with E-state index in [0.29, 0.717) is 0 Å². The molecule has 21 heavy (non-hydrogen) atoms. The van der Waals surface area contributed by atoms with Crippen molar-refractivity contribution >= 4 is 28.9 Å². The van der Waals surface area contributed by atoms with Crippen molar-refractivity contribution < 1.29 is 18.3 Å². The molecule has 0 atom stereocenters. The summed E-state index contributed by atoms with van der Waals surface area (Å²) < 4.78 is 31.6. The fourth-order valence-electron chi connectivity index (χ4n) is 1.56. The SMILES string of the molecule is Nc1ccc(F)cc1NC(=O)COc1cccc(Cl)c1F. The second-order valence-corrected chi connectivity index (χ2v) is 4.53. The van der Waals surface area contributed by atoms with E-state index in [1.807, 2.05) is 0 Å². The zero-order valence-electron chi connectivity index (χ0n) is 10.7. The summed E-state index contributed by atoms with van der Waals surface area (Å²) in [4.78, 5) is 11.7.